The summed E-state index contributed by atoms with van der Waals surface area (Å²) in [7, 11) is 0. The Hall–Kier alpha value is -8.32. The van der Waals surface area contributed by atoms with Gasteiger partial charge in [-0.15, -0.1) is 0 Å². The molecule has 0 N–H and O–H groups in total. The Bertz CT molecular complexity index is 3860. The van der Waals surface area contributed by atoms with Crippen LogP contribution < -0.4 is 0 Å². The van der Waals surface area contributed by atoms with Crippen molar-refractivity contribution in [2.75, 3.05) is 0 Å². The smallest absolute Gasteiger partial charge is 0.0622 e. The molecule has 0 saturated heterocycles. The van der Waals surface area contributed by atoms with Gasteiger partial charge in [0.1, 0.15) is 0 Å². The van der Waals surface area contributed by atoms with Crippen molar-refractivity contribution in [2.45, 2.75) is 24.2 Å². The number of rotatable bonds is 5. The third-order valence-corrected chi connectivity index (χ3v) is 16.1. The van der Waals surface area contributed by atoms with E-state index in [1.165, 1.54) is 139 Å². The molecule has 68 heavy (non-hydrogen) atoms. The fraction of sp³-hybridized carbons (Fsp3) is 0.0588. The minimum Gasteiger partial charge on any atom is -0.0622 e. The quantitative estimate of drug-likeness (QED) is 0.151. The van der Waals surface area contributed by atoms with Crippen LogP contribution in [-0.2, 0) is 18.3 Å². The van der Waals surface area contributed by atoms with Gasteiger partial charge in [-0.25, -0.2) is 0 Å². The molecular weight excluding hydrogens is 817 g/mol. The Balaban J connectivity index is 0.964. The first kappa shape index (κ1) is 37.9. The van der Waals surface area contributed by atoms with E-state index >= 15 is 0 Å². The number of hydrogen-bond acceptors (Lipinski definition) is 0. The summed E-state index contributed by atoms with van der Waals surface area (Å²) in [6.45, 7) is 0. The normalized spacial score (nSPS) is 14.1. The van der Waals surface area contributed by atoms with Gasteiger partial charge in [-0.1, -0.05) is 224 Å². The highest BCUT2D eigenvalue weighted by atomic mass is 14.5. The lowest BCUT2D eigenvalue weighted by Gasteiger charge is -2.31. The van der Waals surface area contributed by atoms with Crippen LogP contribution in [0.2, 0.25) is 0 Å². The molecule has 0 heterocycles. The Labute approximate surface area is 397 Å². The van der Waals surface area contributed by atoms with Crippen LogP contribution in [0.25, 0.3) is 77.5 Å². The lowest BCUT2D eigenvalue weighted by atomic mass is 9.69. The maximum atomic E-state index is 2.60. The zero-order valence-electron chi connectivity index (χ0n) is 37.5. The molecule has 11 aromatic carbocycles. The van der Waals surface area contributed by atoms with Crippen LogP contribution >= 0.6 is 0 Å². The fourth-order valence-electron chi connectivity index (χ4n) is 13.4. The topological polar surface area (TPSA) is 0 Å². The SMILES string of the molecule is c1ccc(-c2ccccc2C(c2ccc3c(c2)-c2cc4ccccc4c(-c4cccc5c4Cc4ccccc4-5)c2C3)c2ccc3c(c2)C2(c4ccccc4-c4ccccc42)c2ccccc2-3)cc1. The van der Waals surface area contributed by atoms with E-state index in [0.717, 1.165) is 12.8 Å². The molecule has 4 aliphatic carbocycles. The molecule has 1 spiro atoms. The Kier molecular flexibility index (Phi) is 7.98. The molecule has 0 aromatic heterocycles. The van der Waals surface area contributed by atoms with Crippen LogP contribution in [0.3, 0.4) is 0 Å². The van der Waals surface area contributed by atoms with Crippen LogP contribution in [-0.4, -0.2) is 0 Å². The molecule has 15 rings (SSSR count). The first-order chi connectivity index (χ1) is 33.7. The molecule has 0 amide bonds. The summed E-state index contributed by atoms with van der Waals surface area (Å²) in [6.07, 6.45) is 1.87. The van der Waals surface area contributed by atoms with Crippen LogP contribution in [0.5, 0.6) is 0 Å². The van der Waals surface area contributed by atoms with E-state index in [-0.39, 0.29) is 5.92 Å². The van der Waals surface area contributed by atoms with Gasteiger partial charge in [0.05, 0.1) is 5.41 Å². The lowest BCUT2D eigenvalue weighted by Crippen LogP contribution is -2.26. The van der Waals surface area contributed by atoms with Crippen LogP contribution in [0.1, 0.15) is 67.1 Å². The molecule has 0 bridgehead atoms. The molecule has 0 nitrogen and oxygen atoms in total. The average Bonchev–Trinajstić information content (AvgIpc) is 4.14. The maximum absolute atomic E-state index is 2.60. The molecule has 0 fully saturated rings. The average molecular weight is 861 g/mol. The predicted octanol–water partition coefficient (Wildman–Crippen LogP) is 16.8. The summed E-state index contributed by atoms with van der Waals surface area (Å²) < 4.78 is 0. The van der Waals surface area contributed by atoms with Gasteiger partial charge in [-0.2, -0.15) is 0 Å². The Morgan fingerprint density at radius 2 is 0.853 bits per heavy atom. The molecule has 316 valence electrons. The zero-order valence-corrected chi connectivity index (χ0v) is 37.5. The van der Waals surface area contributed by atoms with E-state index in [0.29, 0.717) is 0 Å². The van der Waals surface area contributed by atoms with Crippen molar-refractivity contribution in [2.24, 2.45) is 0 Å². The van der Waals surface area contributed by atoms with Crippen molar-refractivity contribution >= 4 is 10.8 Å². The first-order valence-electron chi connectivity index (χ1n) is 24.2. The number of hydrogen-bond donors (Lipinski definition) is 0. The van der Waals surface area contributed by atoms with Gasteiger partial charge in [0, 0.05) is 5.92 Å². The van der Waals surface area contributed by atoms with Crippen molar-refractivity contribution in [3.05, 3.63) is 298 Å². The summed E-state index contributed by atoms with van der Waals surface area (Å²) in [5.41, 5.74) is 30.7. The molecular formula is C68H44. The van der Waals surface area contributed by atoms with E-state index in [4.69, 9.17) is 0 Å². The molecule has 0 aliphatic heterocycles. The summed E-state index contributed by atoms with van der Waals surface area (Å²) in [6, 6.07) is 90.1. The summed E-state index contributed by atoms with van der Waals surface area (Å²) in [5, 5.41) is 2.63. The van der Waals surface area contributed by atoms with Gasteiger partial charge < -0.3 is 0 Å². The van der Waals surface area contributed by atoms with Crippen LogP contribution in [0, 0.1) is 0 Å². The van der Waals surface area contributed by atoms with Crippen LogP contribution in [0.15, 0.2) is 237 Å². The number of fused-ring (bicyclic) bond motifs is 17. The van der Waals surface area contributed by atoms with E-state index in [9.17, 15) is 0 Å². The molecule has 0 radical (unpaired) electrons. The van der Waals surface area contributed by atoms with Gasteiger partial charge >= 0.3 is 0 Å². The van der Waals surface area contributed by atoms with Crippen molar-refractivity contribution in [3.63, 3.8) is 0 Å². The second-order valence-electron chi connectivity index (χ2n) is 19.3. The Morgan fingerprint density at radius 1 is 0.309 bits per heavy atom. The third kappa shape index (κ3) is 5.15. The highest BCUT2D eigenvalue weighted by Crippen LogP contribution is 2.63. The van der Waals surface area contributed by atoms with E-state index in [2.05, 4.69) is 237 Å². The first-order valence-corrected chi connectivity index (χ1v) is 24.2. The number of benzene rings is 11. The molecule has 0 heteroatoms. The molecule has 4 aliphatic rings. The molecule has 11 aromatic rings. The van der Waals surface area contributed by atoms with E-state index in [1.54, 1.807) is 0 Å². The van der Waals surface area contributed by atoms with Crippen molar-refractivity contribution in [3.8, 4) is 66.8 Å². The van der Waals surface area contributed by atoms with Crippen molar-refractivity contribution in [1.29, 1.82) is 0 Å². The van der Waals surface area contributed by atoms with Gasteiger partial charge in [-0.3, -0.25) is 0 Å². The lowest BCUT2D eigenvalue weighted by molar-refractivity contribution is 0.790. The van der Waals surface area contributed by atoms with Gasteiger partial charge in [0.15, 0.2) is 0 Å². The van der Waals surface area contributed by atoms with Gasteiger partial charge in [0.25, 0.3) is 0 Å². The largest absolute Gasteiger partial charge is 0.0725 e. The minimum absolute atomic E-state index is 0.0467. The summed E-state index contributed by atoms with van der Waals surface area (Å²) in [5.74, 6) is -0.0467. The summed E-state index contributed by atoms with van der Waals surface area (Å²) >= 11 is 0. The minimum atomic E-state index is -0.425. The molecule has 1 unspecified atom stereocenters. The second kappa shape index (κ2) is 14.3. The molecule has 0 saturated carbocycles. The van der Waals surface area contributed by atoms with Crippen LogP contribution in [0.4, 0.5) is 0 Å². The highest BCUT2D eigenvalue weighted by Gasteiger charge is 2.51. The summed E-state index contributed by atoms with van der Waals surface area (Å²) in [4.78, 5) is 0. The fourth-order valence-corrected chi connectivity index (χ4v) is 13.4. The van der Waals surface area contributed by atoms with Gasteiger partial charge in [0.2, 0.25) is 0 Å². The Morgan fingerprint density at radius 3 is 1.62 bits per heavy atom. The highest BCUT2D eigenvalue weighted by molar-refractivity contribution is 6.06. The standard InChI is InChI=1S/C68H44/c1-2-17-42(18-3-1)48-21-8-9-27-56(48)66(47-35-36-55-54-26-12-15-32-64(54)68(65(55)41-47)62-30-13-10-24-52(62)53-25-11-14-31-63(53)68)46-34-33-45-39-61-60(58(45)40-46)38-44-20-5-7-23-50(44)67(61)57-29-16-28-51-49-22-6-4-19-43(49)37-59(51)57/h1-36,38,40-41,66H,37,39H2. The monoisotopic (exact) mass is 860 g/mol. The predicted molar refractivity (Wildman–Crippen MR) is 281 cm³/mol. The second-order valence-corrected chi connectivity index (χ2v) is 19.3. The third-order valence-electron chi connectivity index (χ3n) is 16.1. The van der Waals surface area contributed by atoms with Crippen molar-refractivity contribution < 1.29 is 0 Å². The molecule has 1 atom stereocenters. The van der Waals surface area contributed by atoms with E-state index < -0.39 is 5.41 Å². The van der Waals surface area contributed by atoms with Crippen molar-refractivity contribution in [1.82, 2.24) is 0 Å². The van der Waals surface area contributed by atoms with Gasteiger partial charge in [-0.05, 0) is 164 Å². The zero-order chi connectivity index (χ0) is 44.5. The maximum Gasteiger partial charge on any atom is 0.0725 e. The van der Waals surface area contributed by atoms with E-state index in [1.807, 2.05) is 0 Å².